The molecule has 1 amide bonds. The topological polar surface area (TPSA) is 68.8 Å². The Labute approximate surface area is 179 Å². The third kappa shape index (κ3) is 5.31. The van der Waals surface area contributed by atoms with Crippen LogP contribution in [0.15, 0.2) is 82.6 Å². The van der Waals surface area contributed by atoms with Crippen LogP contribution in [0.3, 0.4) is 0 Å². The number of nitrogens with zero attached hydrogens (tertiary/aromatic N) is 2. The van der Waals surface area contributed by atoms with Crippen LogP contribution in [-0.2, 0) is 17.1 Å². The average molecular weight is 422 g/mol. The van der Waals surface area contributed by atoms with Gasteiger partial charge in [0.15, 0.2) is 0 Å². The summed E-state index contributed by atoms with van der Waals surface area (Å²) < 4.78 is 12.8. The number of nitrogens with one attached hydrogen (secondary N) is 1. The molecule has 0 saturated carbocycles. The van der Waals surface area contributed by atoms with Crippen LogP contribution in [0.2, 0.25) is 0 Å². The predicted molar refractivity (Wildman–Crippen MR) is 117 cm³/mol. The van der Waals surface area contributed by atoms with Crippen molar-refractivity contribution in [2.45, 2.75) is 23.7 Å². The van der Waals surface area contributed by atoms with E-state index in [1.807, 2.05) is 71.4 Å². The molecule has 30 heavy (non-hydrogen) atoms. The van der Waals surface area contributed by atoms with E-state index in [9.17, 15) is 4.79 Å². The number of carbonyl (C=O) groups is 1. The van der Waals surface area contributed by atoms with Crippen molar-refractivity contribution in [3.8, 4) is 0 Å². The normalized spacial score (nSPS) is 11.1. The molecule has 0 aliphatic heterocycles. The zero-order valence-electron chi connectivity index (χ0n) is 16.5. The van der Waals surface area contributed by atoms with Crippen molar-refractivity contribution < 1.29 is 13.9 Å². The Kier molecular flexibility index (Phi) is 6.84. The number of imidazole rings is 1. The summed E-state index contributed by atoms with van der Waals surface area (Å²) in [6.45, 7) is 1.57. The predicted octanol–water partition coefficient (Wildman–Crippen LogP) is 4.56. The molecule has 154 valence electrons. The number of benzene rings is 1. The molecule has 0 aliphatic carbocycles. The first-order valence-electron chi connectivity index (χ1n) is 9.82. The van der Waals surface area contributed by atoms with E-state index in [0.717, 1.165) is 28.4 Å². The van der Waals surface area contributed by atoms with Crippen LogP contribution >= 0.6 is 11.8 Å². The molecule has 0 fully saturated rings. The number of carbonyl (C=O) groups excluding carboxylic acids is 1. The Morgan fingerprint density at radius 1 is 1.13 bits per heavy atom. The van der Waals surface area contributed by atoms with Crippen LogP contribution in [0.4, 0.5) is 0 Å². The number of ether oxygens (including phenoxy) is 1. The van der Waals surface area contributed by atoms with Gasteiger partial charge in [-0.3, -0.25) is 4.79 Å². The molecular formula is C23H23N3O3S. The van der Waals surface area contributed by atoms with Gasteiger partial charge in [0.25, 0.3) is 5.91 Å². The maximum atomic E-state index is 12.6. The smallest absolute Gasteiger partial charge is 0.252 e. The van der Waals surface area contributed by atoms with Crippen LogP contribution in [0.5, 0.6) is 0 Å². The molecule has 0 saturated heterocycles. The molecule has 0 spiro atoms. The number of pyridine rings is 1. The van der Waals surface area contributed by atoms with E-state index in [1.165, 1.54) is 0 Å². The van der Waals surface area contributed by atoms with E-state index in [2.05, 4.69) is 10.3 Å². The summed E-state index contributed by atoms with van der Waals surface area (Å²) in [5, 5.41) is 2.98. The lowest BCUT2D eigenvalue weighted by Gasteiger charge is -2.09. The number of hydrogen-bond donors (Lipinski definition) is 1. The SMILES string of the molecule is O=C(NCCCOCc1ccco1)c1ccccc1SCc1cn2ccccc2n1. The first-order chi connectivity index (χ1) is 14.8. The minimum Gasteiger partial charge on any atom is -0.467 e. The number of fused-ring (bicyclic) bond motifs is 1. The summed E-state index contributed by atoms with van der Waals surface area (Å²) >= 11 is 1.62. The van der Waals surface area contributed by atoms with Crippen molar-refractivity contribution in [1.29, 1.82) is 0 Å². The van der Waals surface area contributed by atoms with Crippen molar-refractivity contribution >= 4 is 23.3 Å². The molecule has 0 aliphatic rings. The molecule has 0 bridgehead atoms. The van der Waals surface area contributed by atoms with Crippen molar-refractivity contribution in [3.63, 3.8) is 0 Å². The lowest BCUT2D eigenvalue weighted by Crippen LogP contribution is -2.25. The molecule has 0 atom stereocenters. The highest BCUT2D eigenvalue weighted by Gasteiger charge is 2.12. The van der Waals surface area contributed by atoms with Crippen molar-refractivity contribution in [2.75, 3.05) is 13.2 Å². The van der Waals surface area contributed by atoms with Gasteiger partial charge in [0.05, 0.1) is 17.5 Å². The average Bonchev–Trinajstić information content (AvgIpc) is 3.44. The Bertz CT molecular complexity index is 1060. The molecule has 4 aromatic rings. The van der Waals surface area contributed by atoms with Crippen molar-refractivity contribution in [2.24, 2.45) is 0 Å². The number of furan rings is 1. The van der Waals surface area contributed by atoms with E-state index in [0.29, 0.717) is 31.1 Å². The fraction of sp³-hybridized carbons (Fsp3) is 0.217. The highest BCUT2D eigenvalue weighted by molar-refractivity contribution is 7.98. The zero-order chi connectivity index (χ0) is 20.6. The summed E-state index contributed by atoms with van der Waals surface area (Å²) in [4.78, 5) is 18.2. The number of amides is 1. The van der Waals surface area contributed by atoms with Crippen molar-refractivity contribution in [1.82, 2.24) is 14.7 Å². The first kappa shape index (κ1) is 20.3. The summed E-state index contributed by atoms with van der Waals surface area (Å²) in [5.41, 5.74) is 2.59. The van der Waals surface area contributed by atoms with Gasteiger partial charge in [-0.15, -0.1) is 11.8 Å². The summed E-state index contributed by atoms with van der Waals surface area (Å²) in [6, 6.07) is 17.3. The molecule has 3 heterocycles. The standard InChI is InChI=1S/C23H23N3O3S/c27-23(24-11-6-13-28-16-19-7-5-14-29-19)20-8-1-2-9-21(20)30-17-18-15-26-12-4-3-10-22(26)25-18/h1-5,7-10,12,14-15H,6,11,13,16-17H2,(H,24,27). The van der Waals surface area contributed by atoms with Gasteiger partial charge in [-0.2, -0.15) is 0 Å². The fourth-order valence-electron chi connectivity index (χ4n) is 3.03. The number of rotatable bonds is 10. The second kappa shape index (κ2) is 10.1. The van der Waals surface area contributed by atoms with Crippen LogP contribution < -0.4 is 5.32 Å². The second-order valence-electron chi connectivity index (χ2n) is 6.72. The molecular weight excluding hydrogens is 398 g/mol. The minimum absolute atomic E-state index is 0.0702. The third-order valence-corrected chi connectivity index (χ3v) is 5.60. The lowest BCUT2D eigenvalue weighted by atomic mass is 10.2. The van der Waals surface area contributed by atoms with Crippen LogP contribution in [0.1, 0.15) is 28.2 Å². The minimum atomic E-state index is -0.0702. The molecule has 3 aromatic heterocycles. The van der Waals surface area contributed by atoms with Crippen LogP contribution in [0, 0.1) is 0 Å². The summed E-state index contributed by atoms with van der Waals surface area (Å²) in [5.74, 6) is 1.43. The summed E-state index contributed by atoms with van der Waals surface area (Å²) in [7, 11) is 0. The van der Waals surface area contributed by atoms with Gasteiger partial charge in [-0.25, -0.2) is 4.98 Å². The Morgan fingerprint density at radius 3 is 2.90 bits per heavy atom. The maximum Gasteiger partial charge on any atom is 0.252 e. The molecule has 7 heteroatoms. The molecule has 6 nitrogen and oxygen atoms in total. The molecule has 1 aromatic carbocycles. The Balaban J connectivity index is 1.26. The third-order valence-electron chi connectivity index (χ3n) is 4.50. The first-order valence-corrected chi connectivity index (χ1v) is 10.8. The largest absolute Gasteiger partial charge is 0.467 e. The molecule has 4 rings (SSSR count). The zero-order valence-corrected chi connectivity index (χ0v) is 17.3. The second-order valence-corrected chi connectivity index (χ2v) is 7.74. The number of hydrogen-bond acceptors (Lipinski definition) is 5. The van der Waals surface area contributed by atoms with Gasteiger partial charge in [-0.1, -0.05) is 18.2 Å². The van der Waals surface area contributed by atoms with Crippen molar-refractivity contribution in [3.05, 3.63) is 90.3 Å². The molecule has 0 radical (unpaired) electrons. The molecule has 0 unspecified atom stereocenters. The van der Waals surface area contributed by atoms with Crippen LogP contribution in [-0.4, -0.2) is 28.4 Å². The van der Waals surface area contributed by atoms with E-state index >= 15 is 0 Å². The number of aromatic nitrogens is 2. The number of thioether (sulfide) groups is 1. The quantitative estimate of drug-likeness (QED) is 0.300. The summed E-state index contributed by atoms with van der Waals surface area (Å²) in [6.07, 6.45) is 6.37. The van der Waals surface area contributed by atoms with Crippen LogP contribution in [0.25, 0.3) is 5.65 Å². The Hall–Kier alpha value is -3.03. The fourth-order valence-corrected chi connectivity index (χ4v) is 3.96. The maximum absolute atomic E-state index is 12.6. The van der Waals surface area contributed by atoms with Gasteiger partial charge in [0.2, 0.25) is 0 Å². The van der Waals surface area contributed by atoms with Gasteiger partial charge in [0.1, 0.15) is 18.0 Å². The van der Waals surface area contributed by atoms with E-state index in [-0.39, 0.29) is 5.91 Å². The van der Waals surface area contributed by atoms with Gasteiger partial charge < -0.3 is 18.9 Å². The van der Waals surface area contributed by atoms with E-state index in [4.69, 9.17) is 9.15 Å². The lowest BCUT2D eigenvalue weighted by molar-refractivity contribution is 0.0914. The molecule has 1 N–H and O–H groups in total. The highest BCUT2D eigenvalue weighted by atomic mass is 32.2. The van der Waals surface area contributed by atoms with E-state index < -0.39 is 0 Å². The van der Waals surface area contributed by atoms with Gasteiger partial charge >= 0.3 is 0 Å². The highest BCUT2D eigenvalue weighted by Crippen LogP contribution is 2.26. The monoisotopic (exact) mass is 421 g/mol. The Morgan fingerprint density at radius 2 is 2.03 bits per heavy atom. The van der Waals surface area contributed by atoms with Gasteiger partial charge in [-0.05, 0) is 42.8 Å². The van der Waals surface area contributed by atoms with Gasteiger partial charge in [0, 0.05) is 36.2 Å². The van der Waals surface area contributed by atoms with E-state index in [1.54, 1.807) is 18.0 Å².